The highest BCUT2D eigenvalue weighted by Gasteiger charge is 2.10. The molecule has 0 unspecified atom stereocenters. The van der Waals surface area contributed by atoms with Crippen LogP contribution in [0.4, 0.5) is 4.39 Å². The zero-order valence-corrected chi connectivity index (χ0v) is 12.8. The van der Waals surface area contributed by atoms with Crippen molar-refractivity contribution in [1.82, 2.24) is 5.32 Å². The third-order valence-electron chi connectivity index (χ3n) is 3.49. The van der Waals surface area contributed by atoms with Crippen LogP contribution in [0.15, 0.2) is 48.5 Å². The molecule has 0 spiro atoms. The van der Waals surface area contributed by atoms with Crippen LogP contribution >= 0.6 is 0 Å². The first-order chi connectivity index (χ1) is 10.6. The molecule has 0 aliphatic rings. The number of carbonyl (C=O) groups excluding carboxylic acids is 1. The summed E-state index contributed by atoms with van der Waals surface area (Å²) in [6, 6.07) is 12.9. The van der Waals surface area contributed by atoms with Gasteiger partial charge in [-0.1, -0.05) is 13.8 Å². The Bertz CT molecular complexity index is 604. The first-order valence-corrected chi connectivity index (χ1v) is 7.46. The predicted octanol–water partition coefficient (Wildman–Crippen LogP) is 4.54. The molecule has 2 aromatic rings. The molecule has 0 aromatic heterocycles. The summed E-state index contributed by atoms with van der Waals surface area (Å²) in [6.45, 7) is 4.10. The van der Waals surface area contributed by atoms with E-state index in [-0.39, 0.29) is 17.8 Å². The lowest BCUT2D eigenvalue weighted by Crippen LogP contribution is -2.33. The topological polar surface area (TPSA) is 38.3 Å². The van der Waals surface area contributed by atoms with Gasteiger partial charge in [-0.2, -0.15) is 0 Å². The lowest BCUT2D eigenvalue weighted by Gasteiger charge is -2.14. The normalized spacial score (nSPS) is 10.5. The molecule has 4 heteroatoms. The van der Waals surface area contributed by atoms with E-state index in [2.05, 4.69) is 5.32 Å². The van der Waals surface area contributed by atoms with Gasteiger partial charge in [0, 0.05) is 11.6 Å². The van der Waals surface area contributed by atoms with Crippen molar-refractivity contribution >= 4 is 5.91 Å². The van der Waals surface area contributed by atoms with Gasteiger partial charge in [0.05, 0.1) is 0 Å². The summed E-state index contributed by atoms with van der Waals surface area (Å²) >= 11 is 0. The summed E-state index contributed by atoms with van der Waals surface area (Å²) in [5.41, 5.74) is 0.596. The molecule has 3 nitrogen and oxygen atoms in total. The van der Waals surface area contributed by atoms with Gasteiger partial charge in [-0.25, -0.2) is 4.39 Å². The lowest BCUT2D eigenvalue weighted by atomic mass is 10.1. The number of benzene rings is 2. The van der Waals surface area contributed by atoms with Gasteiger partial charge in [-0.05, 0) is 61.4 Å². The molecular formula is C18H20FNO2. The minimum atomic E-state index is -0.305. The van der Waals surface area contributed by atoms with Gasteiger partial charge >= 0.3 is 0 Å². The summed E-state index contributed by atoms with van der Waals surface area (Å²) in [5, 5.41) is 2.99. The average molecular weight is 301 g/mol. The maximum Gasteiger partial charge on any atom is 0.251 e. The first-order valence-electron chi connectivity index (χ1n) is 7.46. The van der Waals surface area contributed by atoms with Crippen molar-refractivity contribution in [2.24, 2.45) is 0 Å². The maximum atomic E-state index is 12.8. The van der Waals surface area contributed by atoms with Crippen LogP contribution in [0.1, 0.15) is 37.0 Å². The number of rotatable bonds is 6. The van der Waals surface area contributed by atoms with Gasteiger partial charge in [0.2, 0.25) is 0 Å². The van der Waals surface area contributed by atoms with Crippen molar-refractivity contribution in [2.75, 3.05) is 0 Å². The van der Waals surface area contributed by atoms with E-state index in [0.717, 1.165) is 12.8 Å². The highest BCUT2D eigenvalue weighted by atomic mass is 19.1. The molecule has 0 aliphatic carbocycles. The molecular weight excluding hydrogens is 281 g/mol. The van der Waals surface area contributed by atoms with Crippen molar-refractivity contribution in [2.45, 2.75) is 32.7 Å². The predicted molar refractivity (Wildman–Crippen MR) is 84.8 cm³/mol. The molecule has 116 valence electrons. The van der Waals surface area contributed by atoms with Crippen LogP contribution < -0.4 is 10.1 Å². The molecule has 0 heterocycles. The van der Waals surface area contributed by atoms with Crippen molar-refractivity contribution in [1.29, 1.82) is 0 Å². The standard InChI is InChI=1S/C18H20FNO2/c1-3-15(4-2)20-18(21)13-5-9-16(10-6-13)22-17-11-7-14(19)8-12-17/h5-12,15H,3-4H2,1-2H3,(H,20,21). The van der Waals surface area contributed by atoms with Gasteiger partial charge in [0.25, 0.3) is 5.91 Å². The zero-order valence-electron chi connectivity index (χ0n) is 12.8. The monoisotopic (exact) mass is 301 g/mol. The van der Waals surface area contributed by atoms with Gasteiger partial charge in [0.15, 0.2) is 0 Å². The van der Waals surface area contributed by atoms with E-state index < -0.39 is 0 Å². The Labute approximate surface area is 130 Å². The highest BCUT2D eigenvalue weighted by Crippen LogP contribution is 2.21. The average Bonchev–Trinajstić information content (AvgIpc) is 2.55. The smallest absolute Gasteiger partial charge is 0.251 e. The number of amides is 1. The van der Waals surface area contributed by atoms with Gasteiger partial charge in [-0.15, -0.1) is 0 Å². The SMILES string of the molecule is CCC(CC)NC(=O)c1ccc(Oc2ccc(F)cc2)cc1. The van der Waals surface area contributed by atoms with Crippen molar-refractivity contribution in [3.05, 3.63) is 59.9 Å². The zero-order chi connectivity index (χ0) is 15.9. The third-order valence-corrected chi connectivity index (χ3v) is 3.49. The molecule has 1 amide bonds. The molecule has 2 rings (SSSR count). The second kappa shape index (κ2) is 7.59. The fraction of sp³-hybridized carbons (Fsp3) is 0.278. The third kappa shape index (κ3) is 4.32. The summed E-state index contributed by atoms with van der Waals surface area (Å²) in [7, 11) is 0. The molecule has 1 N–H and O–H groups in total. The first kappa shape index (κ1) is 16.0. The van der Waals surface area contributed by atoms with Crippen LogP contribution in [-0.2, 0) is 0 Å². The van der Waals surface area contributed by atoms with E-state index in [1.165, 1.54) is 12.1 Å². The molecule has 0 aliphatic heterocycles. The molecule has 0 atom stereocenters. The summed E-state index contributed by atoms with van der Waals surface area (Å²) in [4.78, 5) is 12.1. The van der Waals surface area contributed by atoms with E-state index in [4.69, 9.17) is 4.74 Å². The number of hydrogen-bond donors (Lipinski definition) is 1. The van der Waals surface area contributed by atoms with Gasteiger partial charge in [0.1, 0.15) is 17.3 Å². The molecule has 22 heavy (non-hydrogen) atoms. The van der Waals surface area contributed by atoms with Crippen molar-refractivity contribution in [3.8, 4) is 11.5 Å². The van der Waals surface area contributed by atoms with Crippen molar-refractivity contribution < 1.29 is 13.9 Å². The van der Waals surface area contributed by atoms with E-state index >= 15 is 0 Å². The van der Waals surface area contributed by atoms with Crippen LogP contribution in [-0.4, -0.2) is 11.9 Å². The Balaban J connectivity index is 2.00. The van der Waals surface area contributed by atoms with Crippen molar-refractivity contribution in [3.63, 3.8) is 0 Å². The Morgan fingerprint density at radius 1 is 1.00 bits per heavy atom. The molecule has 0 bridgehead atoms. The molecule has 0 radical (unpaired) electrons. The van der Waals surface area contributed by atoms with E-state index in [1.54, 1.807) is 36.4 Å². The number of nitrogens with one attached hydrogen (secondary N) is 1. The molecule has 0 saturated heterocycles. The summed E-state index contributed by atoms with van der Waals surface area (Å²) in [6.07, 6.45) is 1.82. The Kier molecular flexibility index (Phi) is 5.53. The fourth-order valence-corrected chi connectivity index (χ4v) is 2.07. The van der Waals surface area contributed by atoms with E-state index in [0.29, 0.717) is 17.1 Å². The van der Waals surface area contributed by atoms with E-state index in [9.17, 15) is 9.18 Å². The Morgan fingerprint density at radius 2 is 1.50 bits per heavy atom. The van der Waals surface area contributed by atoms with Crippen LogP contribution in [0, 0.1) is 5.82 Å². The Morgan fingerprint density at radius 3 is 2.00 bits per heavy atom. The quantitative estimate of drug-likeness (QED) is 0.851. The maximum absolute atomic E-state index is 12.8. The molecule has 0 saturated carbocycles. The minimum Gasteiger partial charge on any atom is -0.457 e. The number of hydrogen-bond acceptors (Lipinski definition) is 2. The fourth-order valence-electron chi connectivity index (χ4n) is 2.07. The van der Waals surface area contributed by atoms with E-state index in [1.807, 2.05) is 13.8 Å². The largest absolute Gasteiger partial charge is 0.457 e. The number of halogens is 1. The number of ether oxygens (including phenoxy) is 1. The van der Waals surface area contributed by atoms with Crippen LogP contribution in [0.3, 0.4) is 0 Å². The molecule has 0 fully saturated rings. The second-order valence-corrected chi connectivity index (χ2v) is 5.07. The summed E-state index contributed by atoms with van der Waals surface area (Å²) in [5.74, 6) is 0.768. The Hall–Kier alpha value is -2.36. The number of carbonyl (C=O) groups is 1. The minimum absolute atomic E-state index is 0.0815. The summed E-state index contributed by atoms with van der Waals surface area (Å²) < 4.78 is 18.4. The lowest BCUT2D eigenvalue weighted by molar-refractivity contribution is 0.0935. The van der Waals surface area contributed by atoms with Gasteiger partial charge < -0.3 is 10.1 Å². The second-order valence-electron chi connectivity index (χ2n) is 5.07. The van der Waals surface area contributed by atoms with Crippen LogP contribution in [0.2, 0.25) is 0 Å². The highest BCUT2D eigenvalue weighted by molar-refractivity contribution is 5.94. The van der Waals surface area contributed by atoms with Gasteiger partial charge in [-0.3, -0.25) is 4.79 Å². The molecule has 2 aromatic carbocycles. The van der Waals surface area contributed by atoms with Crippen LogP contribution in [0.25, 0.3) is 0 Å². The van der Waals surface area contributed by atoms with Crippen LogP contribution in [0.5, 0.6) is 11.5 Å².